The van der Waals surface area contributed by atoms with E-state index in [9.17, 15) is 24.0 Å². The van der Waals surface area contributed by atoms with Gasteiger partial charge >= 0.3 is 11.9 Å². The van der Waals surface area contributed by atoms with Crippen molar-refractivity contribution in [2.75, 3.05) is 71.7 Å². The number of amides is 2. The molecule has 0 saturated heterocycles. The van der Waals surface area contributed by atoms with Gasteiger partial charge in [0.05, 0.1) is 52.9 Å². The van der Waals surface area contributed by atoms with Crippen LogP contribution in [0.3, 0.4) is 0 Å². The van der Waals surface area contributed by atoms with Gasteiger partial charge in [-0.05, 0) is 6.92 Å². The van der Waals surface area contributed by atoms with E-state index >= 15 is 0 Å². The topological polar surface area (TPSA) is 213 Å². The number of Topliss-reactive ketones (excluding diaryl/α,β-unsaturated/α-hetero) is 1. The third kappa shape index (κ3) is 22.6. The van der Waals surface area contributed by atoms with Crippen LogP contribution in [0.5, 0.6) is 0 Å². The van der Waals surface area contributed by atoms with E-state index in [2.05, 4.69) is 10.6 Å². The lowest BCUT2D eigenvalue weighted by molar-refractivity contribution is -0.139. The van der Waals surface area contributed by atoms with Crippen LogP contribution in [0.15, 0.2) is 0 Å². The van der Waals surface area contributed by atoms with Crippen LogP contribution in [-0.4, -0.2) is 123 Å². The third-order valence-electron chi connectivity index (χ3n) is 4.40. The highest BCUT2D eigenvalue weighted by molar-refractivity contribution is 8.00. The minimum absolute atomic E-state index is 0.00535. The van der Waals surface area contributed by atoms with Gasteiger partial charge in [-0.25, -0.2) is 0 Å². The van der Waals surface area contributed by atoms with Gasteiger partial charge in [0.25, 0.3) is 0 Å². The molecule has 214 valence electrons. The van der Waals surface area contributed by atoms with Crippen LogP contribution in [0.2, 0.25) is 0 Å². The predicted octanol–water partition coefficient (Wildman–Crippen LogP) is -1.36. The van der Waals surface area contributed by atoms with Crippen LogP contribution in [0, 0.1) is 0 Å². The standard InChI is InChI=1S/C22H39N3O11S/c1-16(26)3-6-33-8-10-35-12-13-36-11-9-34-7-5-25-19(27)2-4-24-20(28)14-18(22(31)32)37-15-17(23)21(29)30/h17-18H,2-15,23H2,1H3,(H,24,28)(H,25,27)(H,29,30)(H,31,32). The first-order valence-electron chi connectivity index (χ1n) is 11.8. The molecule has 0 fully saturated rings. The molecule has 15 heteroatoms. The van der Waals surface area contributed by atoms with Crippen molar-refractivity contribution in [3.8, 4) is 0 Å². The maximum absolute atomic E-state index is 11.9. The van der Waals surface area contributed by atoms with Gasteiger partial charge < -0.3 is 45.5 Å². The fourth-order valence-electron chi connectivity index (χ4n) is 2.39. The Hall–Kier alpha value is -2.30. The van der Waals surface area contributed by atoms with E-state index < -0.39 is 29.1 Å². The zero-order valence-electron chi connectivity index (χ0n) is 21.1. The molecule has 0 heterocycles. The van der Waals surface area contributed by atoms with Crippen molar-refractivity contribution in [1.82, 2.24) is 10.6 Å². The largest absolute Gasteiger partial charge is 0.480 e. The van der Waals surface area contributed by atoms with Crippen LogP contribution >= 0.6 is 11.8 Å². The van der Waals surface area contributed by atoms with E-state index in [4.69, 9.17) is 34.9 Å². The second-order valence-corrected chi connectivity index (χ2v) is 8.90. The Kier molecular flexibility index (Phi) is 21.4. The second kappa shape index (κ2) is 22.9. The lowest BCUT2D eigenvalue weighted by Crippen LogP contribution is -2.36. The number of ether oxygens (including phenoxy) is 4. The van der Waals surface area contributed by atoms with Crippen LogP contribution in [0.1, 0.15) is 26.2 Å². The summed E-state index contributed by atoms with van der Waals surface area (Å²) in [5.74, 6) is -3.44. The van der Waals surface area contributed by atoms with Crippen molar-refractivity contribution < 1.29 is 53.1 Å². The van der Waals surface area contributed by atoms with Crippen molar-refractivity contribution in [3.05, 3.63) is 0 Å². The maximum Gasteiger partial charge on any atom is 0.321 e. The lowest BCUT2D eigenvalue weighted by Gasteiger charge is -2.13. The first-order valence-corrected chi connectivity index (χ1v) is 12.8. The molecule has 0 radical (unpaired) electrons. The number of hydrogen-bond acceptors (Lipinski definition) is 11. The van der Waals surface area contributed by atoms with Gasteiger partial charge in [0.15, 0.2) is 0 Å². The van der Waals surface area contributed by atoms with E-state index in [1.165, 1.54) is 6.92 Å². The Labute approximate surface area is 220 Å². The molecule has 6 N–H and O–H groups in total. The number of hydrogen-bond donors (Lipinski definition) is 5. The SMILES string of the molecule is CC(=O)CCOCCOCCOCCOCCNC(=O)CCNC(=O)CC(SCC(N)C(=O)O)C(=O)O. The van der Waals surface area contributed by atoms with Gasteiger partial charge in [0, 0.05) is 38.1 Å². The van der Waals surface area contributed by atoms with Crippen molar-refractivity contribution in [2.45, 2.75) is 37.5 Å². The van der Waals surface area contributed by atoms with E-state index in [0.717, 1.165) is 11.8 Å². The summed E-state index contributed by atoms with van der Waals surface area (Å²) in [6.45, 7) is 4.88. The Morgan fingerprint density at radius 2 is 1.24 bits per heavy atom. The van der Waals surface area contributed by atoms with Crippen LogP contribution in [0.25, 0.3) is 0 Å². The average molecular weight is 554 g/mol. The Bertz CT molecular complexity index is 697. The van der Waals surface area contributed by atoms with Crippen molar-refractivity contribution in [2.24, 2.45) is 5.73 Å². The number of carbonyl (C=O) groups is 5. The summed E-state index contributed by atoms with van der Waals surface area (Å²) < 4.78 is 21.2. The quantitative estimate of drug-likeness (QED) is 0.0828. The molecule has 2 amide bonds. The fraction of sp³-hybridized carbons (Fsp3) is 0.773. The number of nitrogens with two attached hydrogens (primary N) is 1. The molecular formula is C22H39N3O11S. The second-order valence-electron chi connectivity index (χ2n) is 7.66. The van der Waals surface area contributed by atoms with Crippen molar-refractivity contribution in [1.29, 1.82) is 0 Å². The molecule has 0 aromatic heterocycles. The Morgan fingerprint density at radius 3 is 1.76 bits per heavy atom. The average Bonchev–Trinajstić information content (AvgIpc) is 2.83. The lowest BCUT2D eigenvalue weighted by atomic mass is 10.3. The van der Waals surface area contributed by atoms with Gasteiger partial charge in [0.1, 0.15) is 17.1 Å². The number of aliphatic carboxylic acids is 2. The molecule has 14 nitrogen and oxygen atoms in total. The molecule has 0 rings (SSSR count). The Balaban J connectivity index is 3.62. The predicted molar refractivity (Wildman–Crippen MR) is 133 cm³/mol. The Morgan fingerprint density at radius 1 is 0.730 bits per heavy atom. The molecule has 37 heavy (non-hydrogen) atoms. The summed E-state index contributed by atoms with van der Waals surface area (Å²) >= 11 is 0.774. The van der Waals surface area contributed by atoms with Gasteiger partial charge in [-0.1, -0.05) is 0 Å². The number of nitrogens with one attached hydrogen (secondary N) is 2. The number of ketones is 1. The van der Waals surface area contributed by atoms with Crippen molar-refractivity contribution in [3.63, 3.8) is 0 Å². The molecule has 0 bridgehead atoms. The first-order chi connectivity index (χ1) is 17.6. The van der Waals surface area contributed by atoms with Crippen LogP contribution < -0.4 is 16.4 Å². The fourth-order valence-corrected chi connectivity index (χ4v) is 3.39. The molecule has 0 aliphatic heterocycles. The normalized spacial score (nSPS) is 12.5. The number of carboxylic acids is 2. The summed E-state index contributed by atoms with van der Waals surface area (Å²) in [6.07, 6.45) is 0.0371. The summed E-state index contributed by atoms with van der Waals surface area (Å²) in [6, 6.07) is -1.23. The monoisotopic (exact) mass is 553 g/mol. The molecule has 0 aromatic rings. The zero-order chi connectivity index (χ0) is 27.9. The van der Waals surface area contributed by atoms with Gasteiger partial charge in [-0.3, -0.25) is 24.0 Å². The van der Waals surface area contributed by atoms with Gasteiger partial charge in [-0.2, -0.15) is 0 Å². The highest BCUT2D eigenvalue weighted by atomic mass is 32.2. The minimum atomic E-state index is -1.26. The molecular weight excluding hydrogens is 514 g/mol. The molecule has 0 aliphatic rings. The summed E-state index contributed by atoms with van der Waals surface area (Å²) in [5, 5.41) is 21.9. The van der Waals surface area contributed by atoms with E-state index in [1.54, 1.807) is 0 Å². The number of carboxylic acid groups (broad SMARTS) is 2. The first kappa shape index (κ1) is 34.7. The maximum atomic E-state index is 11.9. The zero-order valence-corrected chi connectivity index (χ0v) is 21.9. The number of thioether (sulfide) groups is 1. The molecule has 2 atom stereocenters. The molecule has 0 spiro atoms. The number of carbonyl (C=O) groups excluding carboxylic acids is 3. The van der Waals surface area contributed by atoms with Gasteiger partial charge in [0.2, 0.25) is 11.8 Å². The van der Waals surface area contributed by atoms with Crippen LogP contribution in [0.4, 0.5) is 0 Å². The molecule has 2 unspecified atom stereocenters. The third-order valence-corrected chi connectivity index (χ3v) is 5.72. The van der Waals surface area contributed by atoms with E-state index in [0.29, 0.717) is 52.7 Å². The number of rotatable bonds is 25. The summed E-state index contributed by atoms with van der Waals surface area (Å²) in [4.78, 5) is 56.4. The smallest absolute Gasteiger partial charge is 0.321 e. The van der Waals surface area contributed by atoms with E-state index in [-0.39, 0.29) is 50.0 Å². The van der Waals surface area contributed by atoms with Crippen molar-refractivity contribution >= 4 is 41.3 Å². The summed E-state index contributed by atoms with van der Waals surface area (Å²) in [5.41, 5.74) is 5.34. The molecule has 0 aliphatic carbocycles. The summed E-state index contributed by atoms with van der Waals surface area (Å²) in [7, 11) is 0. The minimum Gasteiger partial charge on any atom is -0.480 e. The molecule has 0 aromatic carbocycles. The van der Waals surface area contributed by atoms with Crippen LogP contribution in [-0.2, 0) is 42.9 Å². The van der Waals surface area contributed by atoms with E-state index in [1.807, 2.05) is 0 Å². The highest BCUT2D eigenvalue weighted by Gasteiger charge is 2.24. The van der Waals surface area contributed by atoms with Gasteiger partial charge in [-0.15, -0.1) is 11.8 Å². The highest BCUT2D eigenvalue weighted by Crippen LogP contribution is 2.16. The molecule has 0 saturated carbocycles.